The summed E-state index contributed by atoms with van der Waals surface area (Å²) in [7, 11) is 0. The van der Waals surface area contributed by atoms with Crippen LogP contribution in [0, 0.1) is 0 Å². The third-order valence-electron chi connectivity index (χ3n) is 3.45. The predicted octanol–water partition coefficient (Wildman–Crippen LogP) is 1.91. The fraction of sp³-hybridized carbons (Fsp3) is 0.462. The molecule has 1 amide bonds. The predicted molar refractivity (Wildman–Crippen MR) is 79.6 cm³/mol. The molecule has 0 bridgehead atoms. The van der Waals surface area contributed by atoms with Gasteiger partial charge in [-0.15, -0.1) is 5.10 Å². The first-order valence-electron chi connectivity index (χ1n) is 6.71. The Morgan fingerprint density at radius 1 is 1.45 bits per heavy atom. The van der Waals surface area contributed by atoms with Crippen LogP contribution >= 0.6 is 15.9 Å². The van der Waals surface area contributed by atoms with Crippen LogP contribution in [0.25, 0.3) is 5.65 Å². The molecule has 1 atom stereocenters. The van der Waals surface area contributed by atoms with Crippen molar-refractivity contribution >= 4 is 33.4 Å². The highest BCUT2D eigenvalue weighted by molar-refractivity contribution is 9.10. The zero-order chi connectivity index (χ0) is 14.1. The fourth-order valence-electron chi connectivity index (χ4n) is 2.40. The minimum absolute atomic E-state index is 0.112. The zero-order valence-electron chi connectivity index (χ0n) is 11.2. The van der Waals surface area contributed by atoms with Crippen molar-refractivity contribution in [3.05, 3.63) is 22.8 Å². The molecule has 0 aliphatic carbocycles. The summed E-state index contributed by atoms with van der Waals surface area (Å²) in [6.45, 7) is 3.56. The topological polar surface area (TPSA) is 62.5 Å². The monoisotopic (exact) mass is 337 g/mol. The molecule has 0 spiro atoms. The van der Waals surface area contributed by atoms with Gasteiger partial charge in [-0.1, -0.05) is 0 Å². The lowest BCUT2D eigenvalue weighted by Gasteiger charge is -2.20. The number of nitrogens with zero attached hydrogens (tertiary/aromatic N) is 4. The van der Waals surface area contributed by atoms with E-state index in [1.807, 2.05) is 30.2 Å². The number of fused-ring (bicyclic) bond motifs is 1. The molecule has 3 heterocycles. The number of pyridine rings is 1. The molecule has 0 aromatic carbocycles. The van der Waals surface area contributed by atoms with Crippen LogP contribution in [-0.2, 0) is 4.79 Å². The van der Waals surface area contributed by atoms with Gasteiger partial charge in [0.25, 0.3) is 0 Å². The van der Waals surface area contributed by atoms with E-state index in [9.17, 15) is 4.79 Å². The van der Waals surface area contributed by atoms with Crippen molar-refractivity contribution in [3.63, 3.8) is 0 Å². The van der Waals surface area contributed by atoms with Crippen molar-refractivity contribution < 1.29 is 4.79 Å². The lowest BCUT2D eigenvalue weighted by atomic mass is 10.3. The van der Waals surface area contributed by atoms with E-state index in [1.54, 1.807) is 4.52 Å². The molecule has 1 saturated heterocycles. The number of likely N-dealkylation sites (tertiary alicyclic amines) is 1. The molecule has 1 N–H and O–H groups in total. The number of halogens is 1. The van der Waals surface area contributed by atoms with Crippen LogP contribution < -0.4 is 5.32 Å². The third kappa shape index (κ3) is 2.49. The summed E-state index contributed by atoms with van der Waals surface area (Å²) in [5.74, 6) is 0.581. The fourth-order valence-corrected chi connectivity index (χ4v) is 2.82. The second kappa shape index (κ2) is 5.40. The number of rotatable bonds is 3. The lowest BCUT2D eigenvalue weighted by Crippen LogP contribution is -2.39. The molecule has 2 aromatic heterocycles. The normalized spacial score (nSPS) is 16.6. The number of carbonyl (C=O) groups is 1. The Morgan fingerprint density at radius 3 is 2.90 bits per heavy atom. The summed E-state index contributed by atoms with van der Waals surface area (Å²) >= 11 is 3.43. The number of carbonyl (C=O) groups excluding carboxylic acids is 1. The molecule has 3 rings (SSSR count). The maximum atomic E-state index is 12.2. The van der Waals surface area contributed by atoms with Crippen LogP contribution in [0.4, 0.5) is 5.95 Å². The van der Waals surface area contributed by atoms with Crippen LogP contribution in [0.15, 0.2) is 22.8 Å². The summed E-state index contributed by atoms with van der Waals surface area (Å²) in [5, 5.41) is 7.40. The van der Waals surface area contributed by atoms with Crippen LogP contribution in [0.3, 0.4) is 0 Å². The molecule has 6 nitrogen and oxygen atoms in total. The summed E-state index contributed by atoms with van der Waals surface area (Å²) < 4.78 is 2.55. The molecule has 1 unspecified atom stereocenters. The first-order chi connectivity index (χ1) is 9.65. The minimum atomic E-state index is -0.315. The maximum absolute atomic E-state index is 12.2. The molecule has 1 aliphatic heterocycles. The summed E-state index contributed by atoms with van der Waals surface area (Å²) in [4.78, 5) is 18.5. The Morgan fingerprint density at radius 2 is 2.20 bits per heavy atom. The average molecular weight is 338 g/mol. The molecule has 1 fully saturated rings. The number of anilines is 1. The Hall–Kier alpha value is -1.63. The van der Waals surface area contributed by atoms with Crippen molar-refractivity contribution in [1.29, 1.82) is 0 Å². The SMILES string of the molecule is CC(Nc1nc2c(Br)cccn2n1)C(=O)N1CCCC1. The van der Waals surface area contributed by atoms with Gasteiger partial charge in [-0.25, -0.2) is 4.52 Å². The molecule has 7 heteroatoms. The minimum Gasteiger partial charge on any atom is -0.341 e. The molecular weight excluding hydrogens is 322 g/mol. The number of nitrogens with one attached hydrogen (secondary N) is 1. The maximum Gasteiger partial charge on any atom is 0.244 e. The molecule has 20 heavy (non-hydrogen) atoms. The van der Waals surface area contributed by atoms with Gasteiger partial charge in [0.2, 0.25) is 11.9 Å². The van der Waals surface area contributed by atoms with Gasteiger partial charge in [-0.05, 0) is 47.8 Å². The van der Waals surface area contributed by atoms with E-state index in [2.05, 4.69) is 31.3 Å². The van der Waals surface area contributed by atoms with Crippen molar-refractivity contribution in [2.75, 3.05) is 18.4 Å². The van der Waals surface area contributed by atoms with Gasteiger partial charge in [-0.3, -0.25) is 4.79 Å². The number of amides is 1. The largest absolute Gasteiger partial charge is 0.341 e. The van der Waals surface area contributed by atoms with Crippen molar-refractivity contribution in [3.8, 4) is 0 Å². The molecule has 106 valence electrons. The first kappa shape index (κ1) is 13.4. The zero-order valence-corrected chi connectivity index (χ0v) is 12.8. The van der Waals surface area contributed by atoms with Crippen LogP contribution in [0.2, 0.25) is 0 Å². The highest BCUT2D eigenvalue weighted by atomic mass is 79.9. The quantitative estimate of drug-likeness (QED) is 0.929. The van der Waals surface area contributed by atoms with E-state index in [4.69, 9.17) is 0 Å². The first-order valence-corrected chi connectivity index (χ1v) is 7.50. The number of hydrogen-bond acceptors (Lipinski definition) is 4. The highest BCUT2D eigenvalue weighted by Crippen LogP contribution is 2.17. The Balaban J connectivity index is 1.75. The van der Waals surface area contributed by atoms with E-state index in [-0.39, 0.29) is 11.9 Å². The van der Waals surface area contributed by atoms with Crippen LogP contribution in [0.1, 0.15) is 19.8 Å². The summed E-state index contributed by atoms with van der Waals surface area (Å²) in [6, 6.07) is 3.48. The lowest BCUT2D eigenvalue weighted by molar-refractivity contribution is -0.130. The van der Waals surface area contributed by atoms with Gasteiger partial charge >= 0.3 is 0 Å². The van der Waals surface area contributed by atoms with Gasteiger partial charge in [0.15, 0.2) is 5.65 Å². The molecule has 2 aromatic rings. The van der Waals surface area contributed by atoms with Crippen LogP contribution in [0.5, 0.6) is 0 Å². The van der Waals surface area contributed by atoms with E-state index in [0.29, 0.717) is 5.95 Å². The summed E-state index contributed by atoms with van der Waals surface area (Å²) in [6.07, 6.45) is 4.02. The van der Waals surface area contributed by atoms with Gasteiger partial charge in [0.1, 0.15) is 6.04 Å². The molecule has 1 aliphatic rings. The smallest absolute Gasteiger partial charge is 0.244 e. The van der Waals surface area contributed by atoms with Gasteiger partial charge < -0.3 is 10.2 Å². The number of hydrogen-bond donors (Lipinski definition) is 1. The van der Waals surface area contributed by atoms with Crippen molar-refractivity contribution in [2.24, 2.45) is 0 Å². The van der Waals surface area contributed by atoms with Gasteiger partial charge in [0.05, 0.1) is 4.47 Å². The van der Waals surface area contributed by atoms with Crippen molar-refractivity contribution in [2.45, 2.75) is 25.8 Å². The van der Waals surface area contributed by atoms with Gasteiger partial charge in [0, 0.05) is 19.3 Å². The Labute approximate surface area is 125 Å². The van der Waals surface area contributed by atoms with Gasteiger partial charge in [-0.2, -0.15) is 4.98 Å². The Bertz CT molecular complexity index is 635. The molecular formula is C13H16BrN5O. The standard InChI is InChI=1S/C13H16BrN5O/c1-9(12(20)18-6-2-3-7-18)15-13-16-11-10(14)5-4-8-19(11)17-13/h4-5,8-9H,2-3,6-7H2,1H3,(H,15,17). The van der Waals surface area contributed by atoms with E-state index in [0.717, 1.165) is 36.1 Å². The summed E-state index contributed by atoms with van der Waals surface area (Å²) in [5.41, 5.74) is 0.732. The molecule has 0 saturated carbocycles. The van der Waals surface area contributed by atoms with E-state index >= 15 is 0 Å². The number of aromatic nitrogens is 3. The second-order valence-electron chi connectivity index (χ2n) is 4.96. The van der Waals surface area contributed by atoms with E-state index in [1.165, 1.54) is 0 Å². The average Bonchev–Trinajstić information content (AvgIpc) is 3.06. The molecule has 0 radical (unpaired) electrons. The van der Waals surface area contributed by atoms with E-state index < -0.39 is 0 Å². The third-order valence-corrected chi connectivity index (χ3v) is 4.07. The van der Waals surface area contributed by atoms with Crippen LogP contribution in [-0.4, -0.2) is 44.5 Å². The van der Waals surface area contributed by atoms with Crippen molar-refractivity contribution in [1.82, 2.24) is 19.5 Å². The Kier molecular flexibility index (Phi) is 3.60. The second-order valence-corrected chi connectivity index (χ2v) is 5.81. The highest BCUT2D eigenvalue weighted by Gasteiger charge is 2.24.